The third-order valence-electron chi connectivity index (χ3n) is 5.10. The summed E-state index contributed by atoms with van der Waals surface area (Å²) in [7, 11) is 0. The van der Waals surface area contributed by atoms with Crippen LogP contribution in [0.15, 0.2) is 42.5 Å². The number of rotatable bonds is 6. The van der Waals surface area contributed by atoms with Crippen LogP contribution in [0.25, 0.3) is 0 Å². The molecule has 3 rings (SSSR count). The average molecular weight is 430 g/mol. The molecule has 0 atom stereocenters. The van der Waals surface area contributed by atoms with Crippen LogP contribution in [0.5, 0.6) is 5.75 Å². The number of anilines is 2. The highest BCUT2D eigenvalue weighted by Gasteiger charge is 2.22. The summed E-state index contributed by atoms with van der Waals surface area (Å²) in [5.41, 5.74) is 2.70. The number of nitrogens with zero attached hydrogens (tertiary/aromatic N) is 2. The van der Waals surface area contributed by atoms with Crippen LogP contribution < -0.4 is 15.0 Å². The lowest BCUT2D eigenvalue weighted by molar-refractivity contribution is -0.134. The van der Waals surface area contributed by atoms with Gasteiger partial charge in [-0.15, -0.1) is 0 Å². The topological polar surface area (TPSA) is 61.9 Å². The summed E-state index contributed by atoms with van der Waals surface area (Å²) in [6, 6.07) is 13.0. The summed E-state index contributed by atoms with van der Waals surface area (Å²) in [4.78, 5) is 28.5. The van der Waals surface area contributed by atoms with E-state index >= 15 is 0 Å². The van der Waals surface area contributed by atoms with E-state index in [-0.39, 0.29) is 24.3 Å². The number of hydrogen-bond donors (Lipinski definition) is 1. The molecule has 2 aromatic rings. The Bertz CT molecular complexity index is 891. The summed E-state index contributed by atoms with van der Waals surface area (Å²) in [5.74, 6) is 0.629. The summed E-state index contributed by atoms with van der Waals surface area (Å²) < 4.78 is 5.53. The SMILES string of the molecule is Cc1cc(OCC(=O)Nc2ccc(N3CCN(C(=O)C(C)C)CC3)cc2)ccc1Cl. The van der Waals surface area contributed by atoms with E-state index in [0.717, 1.165) is 37.4 Å². The number of carbonyl (C=O) groups is 2. The number of amides is 2. The molecule has 2 amide bonds. The number of piperazine rings is 1. The zero-order chi connectivity index (χ0) is 21.7. The molecule has 0 aliphatic carbocycles. The van der Waals surface area contributed by atoms with Crippen molar-refractivity contribution in [3.8, 4) is 5.75 Å². The molecule has 1 aliphatic rings. The van der Waals surface area contributed by atoms with Gasteiger partial charge in [-0.25, -0.2) is 0 Å². The maximum atomic E-state index is 12.2. The number of ether oxygens (including phenoxy) is 1. The van der Waals surface area contributed by atoms with E-state index in [9.17, 15) is 9.59 Å². The van der Waals surface area contributed by atoms with Crippen LogP contribution in [0.2, 0.25) is 5.02 Å². The largest absolute Gasteiger partial charge is 0.484 e. The van der Waals surface area contributed by atoms with E-state index in [1.165, 1.54) is 0 Å². The number of halogens is 1. The average Bonchev–Trinajstić information content (AvgIpc) is 2.74. The van der Waals surface area contributed by atoms with Crippen LogP contribution >= 0.6 is 11.6 Å². The molecule has 2 aromatic carbocycles. The molecule has 0 radical (unpaired) electrons. The van der Waals surface area contributed by atoms with E-state index in [2.05, 4.69) is 10.2 Å². The molecule has 160 valence electrons. The van der Waals surface area contributed by atoms with Gasteiger partial charge in [0.15, 0.2) is 6.61 Å². The Kier molecular flexibility index (Phi) is 7.21. The lowest BCUT2D eigenvalue weighted by atomic mass is 10.1. The number of aryl methyl sites for hydroxylation is 1. The third-order valence-corrected chi connectivity index (χ3v) is 5.52. The first-order chi connectivity index (χ1) is 14.3. The first kappa shape index (κ1) is 22.0. The molecule has 6 nitrogen and oxygen atoms in total. The first-order valence-electron chi connectivity index (χ1n) is 10.2. The molecule has 7 heteroatoms. The molecule has 0 bridgehead atoms. The van der Waals surface area contributed by atoms with Crippen LogP contribution in [0.3, 0.4) is 0 Å². The Balaban J connectivity index is 1.48. The fourth-order valence-electron chi connectivity index (χ4n) is 3.36. The van der Waals surface area contributed by atoms with Crippen molar-refractivity contribution in [2.45, 2.75) is 20.8 Å². The number of nitrogens with one attached hydrogen (secondary N) is 1. The van der Waals surface area contributed by atoms with Crippen molar-refractivity contribution in [1.82, 2.24) is 4.90 Å². The summed E-state index contributed by atoms with van der Waals surface area (Å²) in [6.45, 7) is 8.76. The van der Waals surface area contributed by atoms with E-state index in [1.54, 1.807) is 18.2 Å². The predicted molar refractivity (Wildman–Crippen MR) is 120 cm³/mol. The maximum absolute atomic E-state index is 12.2. The van der Waals surface area contributed by atoms with Crippen molar-refractivity contribution in [3.05, 3.63) is 53.1 Å². The minimum Gasteiger partial charge on any atom is -0.484 e. The minimum absolute atomic E-state index is 0.0344. The zero-order valence-corrected chi connectivity index (χ0v) is 18.4. The molecular formula is C23H28ClN3O3. The molecule has 30 heavy (non-hydrogen) atoms. The lowest BCUT2D eigenvalue weighted by Crippen LogP contribution is -2.49. The third kappa shape index (κ3) is 5.66. The van der Waals surface area contributed by atoms with Gasteiger partial charge >= 0.3 is 0 Å². The summed E-state index contributed by atoms with van der Waals surface area (Å²) >= 11 is 6.00. The maximum Gasteiger partial charge on any atom is 0.262 e. The Morgan fingerprint density at radius 2 is 1.73 bits per heavy atom. The van der Waals surface area contributed by atoms with Gasteiger partial charge in [-0.2, -0.15) is 0 Å². The molecule has 0 spiro atoms. The van der Waals surface area contributed by atoms with Crippen molar-refractivity contribution < 1.29 is 14.3 Å². The second kappa shape index (κ2) is 9.85. The molecule has 1 N–H and O–H groups in total. The van der Waals surface area contributed by atoms with E-state index in [0.29, 0.717) is 16.5 Å². The Labute approximate surface area is 182 Å². The number of benzene rings is 2. The van der Waals surface area contributed by atoms with Crippen LogP contribution in [0.4, 0.5) is 11.4 Å². The molecule has 0 aromatic heterocycles. The normalized spacial score (nSPS) is 14.0. The van der Waals surface area contributed by atoms with Crippen molar-refractivity contribution in [1.29, 1.82) is 0 Å². The summed E-state index contributed by atoms with van der Waals surface area (Å²) in [6.07, 6.45) is 0. The van der Waals surface area contributed by atoms with Gasteiger partial charge in [-0.1, -0.05) is 25.4 Å². The second-order valence-corrected chi connectivity index (χ2v) is 8.17. The number of carbonyl (C=O) groups excluding carboxylic acids is 2. The van der Waals surface area contributed by atoms with Crippen LogP contribution in [0, 0.1) is 12.8 Å². The summed E-state index contributed by atoms with van der Waals surface area (Å²) in [5, 5.41) is 3.51. The fourth-order valence-corrected chi connectivity index (χ4v) is 3.48. The van der Waals surface area contributed by atoms with Crippen LogP contribution in [0.1, 0.15) is 19.4 Å². The van der Waals surface area contributed by atoms with Crippen molar-refractivity contribution in [3.63, 3.8) is 0 Å². The van der Waals surface area contributed by atoms with Crippen molar-refractivity contribution >= 4 is 34.8 Å². The molecule has 0 saturated carbocycles. The molecule has 1 saturated heterocycles. The van der Waals surface area contributed by atoms with Crippen LogP contribution in [-0.4, -0.2) is 49.5 Å². The van der Waals surface area contributed by atoms with E-state index in [1.807, 2.05) is 49.9 Å². The van der Waals surface area contributed by atoms with E-state index in [4.69, 9.17) is 16.3 Å². The highest BCUT2D eigenvalue weighted by atomic mass is 35.5. The lowest BCUT2D eigenvalue weighted by Gasteiger charge is -2.37. The quantitative estimate of drug-likeness (QED) is 0.754. The van der Waals surface area contributed by atoms with Gasteiger partial charge in [0.25, 0.3) is 5.91 Å². The standard InChI is InChI=1S/C23H28ClN3O3/c1-16(2)23(29)27-12-10-26(11-13-27)19-6-4-18(5-7-19)25-22(28)15-30-20-8-9-21(24)17(3)14-20/h4-9,14,16H,10-13,15H2,1-3H3,(H,25,28). The fraction of sp³-hybridized carbons (Fsp3) is 0.391. The van der Waals surface area contributed by atoms with E-state index < -0.39 is 0 Å². The second-order valence-electron chi connectivity index (χ2n) is 7.76. The van der Waals surface area contributed by atoms with Crippen molar-refractivity contribution in [2.75, 3.05) is 43.0 Å². The number of hydrogen-bond acceptors (Lipinski definition) is 4. The zero-order valence-electron chi connectivity index (χ0n) is 17.7. The van der Waals surface area contributed by atoms with Gasteiger partial charge in [0, 0.05) is 48.5 Å². The Morgan fingerprint density at radius 1 is 1.07 bits per heavy atom. The van der Waals surface area contributed by atoms with Gasteiger partial charge in [-0.3, -0.25) is 9.59 Å². The highest BCUT2D eigenvalue weighted by molar-refractivity contribution is 6.31. The first-order valence-corrected chi connectivity index (χ1v) is 10.5. The Morgan fingerprint density at radius 3 is 2.33 bits per heavy atom. The van der Waals surface area contributed by atoms with Gasteiger partial charge in [-0.05, 0) is 55.0 Å². The molecular weight excluding hydrogens is 402 g/mol. The molecule has 1 heterocycles. The highest BCUT2D eigenvalue weighted by Crippen LogP contribution is 2.22. The van der Waals surface area contributed by atoms with Gasteiger partial charge in [0.05, 0.1) is 0 Å². The molecule has 1 aliphatic heterocycles. The minimum atomic E-state index is -0.226. The molecule has 1 fully saturated rings. The molecule has 0 unspecified atom stereocenters. The predicted octanol–water partition coefficient (Wildman–Crippen LogP) is 3.97. The van der Waals surface area contributed by atoms with Gasteiger partial charge < -0.3 is 19.9 Å². The Hall–Kier alpha value is -2.73. The van der Waals surface area contributed by atoms with Gasteiger partial charge in [0.1, 0.15) is 5.75 Å². The van der Waals surface area contributed by atoms with Gasteiger partial charge in [0.2, 0.25) is 5.91 Å². The smallest absolute Gasteiger partial charge is 0.262 e. The van der Waals surface area contributed by atoms with Crippen molar-refractivity contribution in [2.24, 2.45) is 5.92 Å². The van der Waals surface area contributed by atoms with Crippen LogP contribution in [-0.2, 0) is 9.59 Å². The monoisotopic (exact) mass is 429 g/mol.